The zero-order valence-corrected chi connectivity index (χ0v) is 7.09. The number of H-pyrrole nitrogens is 1. The molecule has 1 aromatic heterocycles. The van der Waals surface area contributed by atoms with Crippen molar-refractivity contribution in [2.45, 2.75) is 32.7 Å². The number of rotatable bonds is 3. The van der Waals surface area contributed by atoms with Crippen LogP contribution in [0.4, 0.5) is 0 Å². The summed E-state index contributed by atoms with van der Waals surface area (Å²) in [6, 6.07) is 0.264. The summed E-state index contributed by atoms with van der Waals surface area (Å²) in [7, 11) is 0. The van der Waals surface area contributed by atoms with Crippen LogP contribution in [-0.2, 0) is 6.42 Å². The summed E-state index contributed by atoms with van der Waals surface area (Å²) in [5, 5.41) is 0. The number of imidazole rings is 1. The third kappa shape index (κ3) is 2.72. The van der Waals surface area contributed by atoms with Gasteiger partial charge in [-0.3, -0.25) is 0 Å². The maximum Gasteiger partial charge on any atom is 0.106 e. The number of nitrogens with one attached hydrogen (secondary N) is 1. The Morgan fingerprint density at radius 3 is 2.91 bits per heavy atom. The van der Waals surface area contributed by atoms with E-state index in [0.29, 0.717) is 0 Å². The van der Waals surface area contributed by atoms with Crippen LogP contribution in [0.25, 0.3) is 0 Å². The molecule has 0 saturated carbocycles. The molecule has 3 nitrogen and oxygen atoms in total. The number of nitrogens with zero attached hydrogens (tertiary/aromatic N) is 1. The van der Waals surface area contributed by atoms with E-state index in [1.807, 2.05) is 20.0 Å². The third-order valence-electron chi connectivity index (χ3n) is 1.59. The summed E-state index contributed by atoms with van der Waals surface area (Å²) in [6.07, 6.45) is 3.79. The number of nitrogens with two attached hydrogens (primary N) is 1. The molecule has 0 amide bonds. The molecule has 0 aliphatic rings. The number of aromatic amines is 1. The molecule has 1 rings (SSSR count). The smallest absolute Gasteiger partial charge is 0.106 e. The molecule has 3 N–H and O–H groups in total. The second-order valence-electron chi connectivity index (χ2n) is 3.03. The molecule has 0 spiro atoms. The van der Waals surface area contributed by atoms with Crippen molar-refractivity contribution in [2.75, 3.05) is 0 Å². The van der Waals surface area contributed by atoms with Gasteiger partial charge in [0.05, 0.1) is 0 Å². The Labute approximate surface area is 67.0 Å². The van der Waals surface area contributed by atoms with Crippen LogP contribution >= 0.6 is 0 Å². The lowest BCUT2D eigenvalue weighted by Gasteiger charge is -2.00. The molecule has 0 aromatic carbocycles. The summed E-state index contributed by atoms with van der Waals surface area (Å²) in [6.45, 7) is 4.01. The van der Waals surface area contributed by atoms with E-state index in [2.05, 4.69) is 9.97 Å². The predicted octanol–water partition coefficient (Wildman–Crippen LogP) is 0.998. The summed E-state index contributed by atoms with van der Waals surface area (Å²) in [5.41, 5.74) is 6.72. The van der Waals surface area contributed by atoms with Crippen LogP contribution < -0.4 is 5.73 Å². The Morgan fingerprint density at radius 2 is 2.45 bits per heavy atom. The second kappa shape index (κ2) is 3.53. The van der Waals surface area contributed by atoms with Crippen molar-refractivity contribution in [3.05, 3.63) is 17.7 Å². The first kappa shape index (κ1) is 8.27. The number of hydrogen-bond donors (Lipinski definition) is 2. The fourth-order valence-corrected chi connectivity index (χ4v) is 0.958. The van der Waals surface area contributed by atoms with Gasteiger partial charge in [-0.25, -0.2) is 4.98 Å². The highest BCUT2D eigenvalue weighted by atomic mass is 14.9. The van der Waals surface area contributed by atoms with Crippen molar-refractivity contribution in [3.63, 3.8) is 0 Å². The van der Waals surface area contributed by atoms with Gasteiger partial charge in [0.2, 0.25) is 0 Å². The highest BCUT2D eigenvalue weighted by molar-refractivity contribution is 4.98. The molecule has 0 fully saturated rings. The lowest BCUT2D eigenvalue weighted by atomic mass is 10.2. The predicted molar refractivity (Wildman–Crippen MR) is 45.3 cm³/mol. The fourth-order valence-electron chi connectivity index (χ4n) is 0.958. The van der Waals surface area contributed by atoms with E-state index >= 15 is 0 Å². The Morgan fingerprint density at radius 1 is 1.73 bits per heavy atom. The lowest BCUT2D eigenvalue weighted by molar-refractivity contribution is 0.651. The van der Waals surface area contributed by atoms with Crippen molar-refractivity contribution in [3.8, 4) is 0 Å². The molecule has 0 bridgehead atoms. The second-order valence-corrected chi connectivity index (χ2v) is 3.03. The lowest BCUT2D eigenvalue weighted by Crippen LogP contribution is -2.15. The largest absolute Gasteiger partial charge is 0.346 e. The zero-order chi connectivity index (χ0) is 8.27. The van der Waals surface area contributed by atoms with Gasteiger partial charge in [0.25, 0.3) is 0 Å². The quantitative estimate of drug-likeness (QED) is 0.680. The molecule has 3 heteroatoms. The van der Waals surface area contributed by atoms with Crippen LogP contribution in [0.5, 0.6) is 0 Å². The molecule has 11 heavy (non-hydrogen) atoms. The average Bonchev–Trinajstić information content (AvgIpc) is 2.31. The highest BCUT2D eigenvalue weighted by Gasteiger charge is 1.98. The first-order valence-electron chi connectivity index (χ1n) is 3.94. The van der Waals surface area contributed by atoms with Crippen molar-refractivity contribution >= 4 is 0 Å². The van der Waals surface area contributed by atoms with Gasteiger partial charge in [-0.15, -0.1) is 0 Å². The van der Waals surface area contributed by atoms with Crippen LogP contribution in [0.15, 0.2) is 6.20 Å². The minimum atomic E-state index is 0.264. The molecule has 0 radical (unpaired) electrons. The van der Waals surface area contributed by atoms with Gasteiger partial charge < -0.3 is 10.7 Å². The molecule has 0 aliphatic heterocycles. The van der Waals surface area contributed by atoms with E-state index in [1.54, 1.807) is 0 Å². The third-order valence-corrected chi connectivity index (χ3v) is 1.59. The van der Waals surface area contributed by atoms with Gasteiger partial charge >= 0.3 is 0 Å². The molecule has 1 atom stereocenters. The molecular formula is C8H15N3. The van der Waals surface area contributed by atoms with Crippen molar-refractivity contribution in [1.82, 2.24) is 9.97 Å². The Hall–Kier alpha value is -0.830. The molecule has 1 aromatic rings. The van der Waals surface area contributed by atoms with Crippen LogP contribution in [0, 0.1) is 6.92 Å². The first-order valence-corrected chi connectivity index (χ1v) is 3.94. The van der Waals surface area contributed by atoms with E-state index in [1.165, 1.54) is 0 Å². The zero-order valence-electron chi connectivity index (χ0n) is 7.09. The number of aromatic nitrogens is 2. The van der Waals surface area contributed by atoms with Crippen molar-refractivity contribution in [2.24, 2.45) is 5.73 Å². The van der Waals surface area contributed by atoms with Gasteiger partial charge in [0.1, 0.15) is 5.82 Å². The van der Waals surface area contributed by atoms with Crippen LogP contribution in [0.3, 0.4) is 0 Å². The topological polar surface area (TPSA) is 54.7 Å². The van der Waals surface area contributed by atoms with E-state index in [4.69, 9.17) is 5.73 Å². The summed E-state index contributed by atoms with van der Waals surface area (Å²) in [5.74, 6) is 1.04. The van der Waals surface area contributed by atoms with E-state index in [9.17, 15) is 0 Å². The number of aryl methyl sites for hydroxylation is 2. The van der Waals surface area contributed by atoms with Gasteiger partial charge in [-0.2, -0.15) is 0 Å². The summed E-state index contributed by atoms with van der Waals surface area (Å²) < 4.78 is 0. The Kier molecular flexibility index (Phi) is 2.65. The van der Waals surface area contributed by atoms with Crippen molar-refractivity contribution < 1.29 is 0 Å². The molecule has 0 saturated heterocycles. The Balaban J connectivity index is 2.39. The molecule has 1 unspecified atom stereocenters. The summed E-state index contributed by atoms with van der Waals surface area (Å²) >= 11 is 0. The minimum absolute atomic E-state index is 0.264. The van der Waals surface area contributed by atoms with Crippen LogP contribution in [0.1, 0.15) is 24.9 Å². The van der Waals surface area contributed by atoms with Gasteiger partial charge in [-0.1, -0.05) is 0 Å². The monoisotopic (exact) mass is 153 g/mol. The minimum Gasteiger partial charge on any atom is -0.346 e. The van der Waals surface area contributed by atoms with Crippen LogP contribution in [0.2, 0.25) is 0 Å². The van der Waals surface area contributed by atoms with Gasteiger partial charge in [0.15, 0.2) is 0 Å². The van der Waals surface area contributed by atoms with E-state index in [-0.39, 0.29) is 6.04 Å². The van der Waals surface area contributed by atoms with Crippen molar-refractivity contribution in [1.29, 1.82) is 0 Å². The first-order chi connectivity index (χ1) is 5.18. The fraction of sp³-hybridized carbons (Fsp3) is 0.625. The molecule has 1 heterocycles. The number of hydrogen-bond acceptors (Lipinski definition) is 2. The SMILES string of the molecule is Cc1cnc(CCC(C)N)[nH]1. The molecule has 62 valence electrons. The molecular weight excluding hydrogens is 138 g/mol. The van der Waals surface area contributed by atoms with Gasteiger partial charge in [-0.05, 0) is 20.3 Å². The molecule has 0 aliphatic carbocycles. The maximum atomic E-state index is 5.61. The van der Waals surface area contributed by atoms with Crippen LogP contribution in [-0.4, -0.2) is 16.0 Å². The van der Waals surface area contributed by atoms with Gasteiger partial charge in [0, 0.05) is 24.4 Å². The van der Waals surface area contributed by atoms with E-state index in [0.717, 1.165) is 24.4 Å². The highest BCUT2D eigenvalue weighted by Crippen LogP contribution is 1.99. The van der Waals surface area contributed by atoms with E-state index < -0.39 is 0 Å². The Bertz CT molecular complexity index is 215. The normalized spacial score (nSPS) is 13.4. The maximum absolute atomic E-state index is 5.61. The standard InChI is InChI=1S/C8H15N3/c1-6(9)3-4-8-10-5-7(2)11-8/h5-6H,3-4,9H2,1-2H3,(H,10,11). The summed E-state index contributed by atoms with van der Waals surface area (Å²) in [4.78, 5) is 7.34. The average molecular weight is 153 g/mol.